The topological polar surface area (TPSA) is 57.5 Å². The Kier molecular flexibility index (Phi) is 1.92. The molecular weight excluding hydrogens is 131 g/mol. The minimum atomic E-state index is -1.57. The number of hydrogen-bond acceptors (Lipinski definition) is 3. The summed E-state index contributed by atoms with van der Waals surface area (Å²) in [6.07, 6.45) is 1.10. The van der Waals surface area contributed by atoms with Crippen LogP contribution >= 0.6 is 0 Å². The molecule has 0 amide bonds. The van der Waals surface area contributed by atoms with Crippen LogP contribution in [-0.2, 0) is 4.79 Å². The molecule has 3 nitrogen and oxygen atoms in total. The van der Waals surface area contributed by atoms with Crippen molar-refractivity contribution >= 4 is 12.9 Å². The normalized spacial score (nSPS) is 18.5. The van der Waals surface area contributed by atoms with Gasteiger partial charge >= 0.3 is 7.12 Å². The lowest BCUT2D eigenvalue weighted by atomic mass is 9.76. The van der Waals surface area contributed by atoms with E-state index in [0.29, 0.717) is 12.8 Å². The van der Waals surface area contributed by atoms with E-state index in [1.807, 2.05) is 0 Å². The number of carbonyl (C=O) groups excluding carboxylic acids is 1. The van der Waals surface area contributed by atoms with Crippen LogP contribution in [0.15, 0.2) is 11.0 Å². The lowest BCUT2D eigenvalue weighted by molar-refractivity contribution is -0.114. The van der Waals surface area contributed by atoms with Crippen molar-refractivity contribution in [2.24, 2.45) is 0 Å². The highest BCUT2D eigenvalue weighted by Crippen LogP contribution is 2.22. The standard InChI is InChI=1S/C6H9BO3/c1-4-2-3-5(8)6(4)7(9)10/h9-10H,2-3H2,1H3. The van der Waals surface area contributed by atoms with Gasteiger partial charge in [-0.3, -0.25) is 4.79 Å². The van der Waals surface area contributed by atoms with Crippen LogP contribution in [0.25, 0.3) is 0 Å². The minimum absolute atomic E-state index is 0.132. The van der Waals surface area contributed by atoms with Gasteiger partial charge in [0.15, 0.2) is 5.78 Å². The third-order valence-electron chi connectivity index (χ3n) is 1.75. The lowest BCUT2D eigenvalue weighted by Gasteiger charge is -1.97. The first-order valence-corrected chi connectivity index (χ1v) is 3.22. The Morgan fingerprint density at radius 2 is 2.00 bits per heavy atom. The number of rotatable bonds is 1. The van der Waals surface area contributed by atoms with Gasteiger partial charge in [0.25, 0.3) is 0 Å². The summed E-state index contributed by atoms with van der Waals surface area (Å²) >= 11 is 0. The third-order valence-corrected chi connectivity index (χ3v) is 1.75. The summed E-state index contributed by atoms with van der Waals surface area (Å²) in [5.41, 5.74) is 1.00. The van der Waals surface area contributed by atoms with E-state index < -0.39 is 7.12 Å². The zero-order chi connectivity index (χ0) is 7.72. The maximum atomic E-state index is 10.8. The molecule has 0 heterocycles. The first kappa shape index (κ1) is 7.50. The molecule has 0 fully saturated rings. The molecule has 0 aromatic rings. The monoisotopic (exact) mass is 140 g/mol. The molecular formula is C6H9BO3. The van der Waals surface area contributed by atoms with Gasteiger partial charge in [-0.2, -0.15) is 0 Å². The Bertz CT molecular complexity index is 195. The van der Waals surface area contributed by atoms with Gasteiger partial charge in [0.2, 0.25) is 0 Å². The molecule has 10 heavy (non-hydrogen) atoms. The maximum absolute atomic E-state index is 10.8. The Hall–Kier alpha value is -0.605. The molecule has 0 aliphatic heterocycles. The average Bonchev–Trinajstić information content (AvgIpc) is 2.11. The van der Waals surface area contributed by atoms with Crippen molar-refractivity contribution in [2.75, 3.05) is 0 Å². The van der Waals surface area contributed by atoms with Crippen molar-refractivity contribution in [3.63, 3.8) is 0 Å². The zero-order valence-corrected chi connectivity index (χ0v) is 5.79. The van der Waals surface area contributed by atoms with Gasteiger partial charge in [-0.25, -0.2) is 0 Å². The van der Waals surface area contributed by atoms with Crippen LogP contribution < -0.4 is 0 Å². The number of carbonyl (C=O) groups is 1. The summed E-state index contributed by atoms with van der Waals surface area (Å²) in [5, 5.41) is 17.3. The van der Waals surface area contributed by atoms with Crippen LogP contribution in [0.4, 0.5) is 0 Å². The van der Waals surface area contributed by atoms with Crippen LogP contribution in [0.2, 0.25) is 0 Å². The van der Waals surface area contributed by atoms with Crippen LogP contribution in [-0.4, -0.2) is 22.9 Å². The van der Waals surface area contributed by atoms with E-state index in [1.54, 1.807) is 6.92 Å². The van der Waals surface area contributed by atoms with E-state index in [2.05, 4.69) is 0 Å². The van der Waals surface area contributed by atoms with E-state index in [4.69, 9.17) is 10.0 Å². The third kappa shape index (κ3) is 1.13. The van der Waals surface area contributed by atoms with Crippen molar-refractivity contribution in [2.45, 2.75) is 19.8 Å². The van der Waals surface area contributed by atoms with E-state index >= 15 is 0 Å². The highest BCUT2D eigenvalue weighted by atomic mass is 16.4. The fourth-order valence-electron chi connectivity index (χ4n) is 1.17. The van der Waals surface area contributed by atoms with E-state index in [1.165, 1.54) is 0 Å². The van der Waals surface area contributed by atoms with Crippen LogP contribution in [0.5, 0.6) is 0 Å². The number of Topliss-reactive ketones (excluding diaryl/α,β-unsaturated/α-hetero) is 1. The molecule has 0 radical (unpaired) electrons. The Morgan fingerprint density at radius 3 is 2.20 bits per heavy atom. The van der Waals surface area contributed by atoms with Crippen molar-refractivity contribution in [1.29, 1.82) is 0 Å². The van der Waals surface area contributed by atoms with E-state index in [9.17, 15) is 4.79 Å². The summed E-state index contributed by atoms with van der Waals surface area (Å²) in [6.45, 7) is 1.75. The molecule has 0 atom stereocenters. The summed E-state index contributed by atoms with van der Waals surface area (Å²) in [4.78, 5) is 10.8. The van der Waals surface area contributed by atoms with Crippen LogP contribution in [0, 0.1) is 0 Å². The second-order valence-corrected chi connectivity index (χ2v) is 2.49. The molecule has 54 valence electrons. The average molecular weight is 140 g/mol. The van der Waals surface area contributed by atoms with Crippen molar-refractivity contribution < 1.29 is 14.8 Å². The highest BCUT2D eigenvalue weighted by molar-refractivity contribution is 6.59. The Morgan fingerprint density at radius 1 is 1.40 bits per heavy atom. The van der Waals surface area contributed by atoms with Crippen molar-refractivity contribution in [3.05, 3.63) is 11.0 Å². The van der Waals surface area contributed by atoms with Gasteiger partial charge in [-0.15, -0.1) is 0 Å². The molecule has 1 aliphatic carbocycles. The first-order valence-electron chi connectivity index (χ1n) is 3.22. The molecule has 0 bridgehead atoms. The summed E-state index contributed by atoms with van der Waals surface area (Å²) in [5.74, 6) is -0.132. The predicted molar refractivity (Wildman–Crippen MR) is 37.1 cm³/mol. The summed E-state index contributed by atoms with van der Waals surface area (Å²) < 4.78 is 0. The van der Waals surface area contributed by atoms with Gasteiger partial charge < -0.3 is 10.0 Å². The van der Waals surface area contributed by atoms with Gasteiger partial charge in [0.05, 0.1) is 0 Å². The van der Waals surface area contributed by atoms with Gasteiger partial charge in [0.1, 0.15) is 0 Å². The second kappa shape index (κ2) is 2.56. The minimum Gasteiger partial charge on any atom is -0.423 e. The maximum Gasteiger partial charge on any atom is 0.492 e. The smallest absolute Gasteiger partial charge is 0.423 e. The number of allylic oxidation sites excluding steroid dienone is 2. The molecule has 0 saturated heterocycles. The zero-order valence-electron chi connectivity index (χ0n) is 5.79. The highest BCUT2D eigenvalue weighted by Gasteiger charge is 2.28. The van der Waals surface area contributed by atoms with E-state index in [0.717, 1.165) is 5.57 Å². The van der Waals surface area contributed by atoms with Gasteiger partial charge in [-0.05, 0) is 13.3 Å². The van der Waals surface area contributed by atoms with E-state index in [-0.39, 0.29) is 11.3 Å². The van der Waals surface area contributed by atoms with Gasteiger partial charge in [0, 0.05) is 11.9 Å². The molecule has 0 aromatic heterocycles. The number of ketones is 1. The summed E-state index contributed by atoms with van der Waals surface area (Å²) in [6, 6.07) is 0. The first-order chi connectivity index (χ1) is 4.63. The SMILES string of the molecule is CC1=C(B(O)O)C(=O)CC1. The molecule has 0 unspecified atom stereocenters. The Balaban J connectivity index is 2.88. The molecule has 4 heteroatoms. The van der Waals surface area contributed by atoms with Gasteiger partial charge in [-0.1, -0.05) is 5.57 Å². The van der Waals surface area contributed by atoms with Crippen molar-refractivity contribution in [1.82, 2.24) is 0 Å². The fourth-order valence-corrected chi connectivity index (χ4v) is 1.17. The van der Waals surface area contributed by atoms with Crippen LogP contribution in [0.1, 0.15) is 19.8 Å². The molecule has 1 aliphatic rings. The Labute approximate surface area is 59.5 Å². The quantitative estimate of drug-likeness (QED) is 0.490. The van der Waals surface area contributed by atoms with Crippen molar-refractivity contribution in [3.8, 4) is 0 Å². The fraction of sp³-hybridized carbons (Fsp3) is 0.500. The molecule has 0 aromatic carbocycles. The molecule has 0 saturated carbocycles. The summed E-state index contributed by atoms with van der Waals surface area (Å²) in [7, 11) is -1.57. The number of hydrogen-bond donors (Lipinski definition) is 2. The molecule has 0 spiro atoms. The molecule has 2 N–H and O–H groups in total. The van der Waals surface area contributed by atoms with Crippen LogP contribution in [0.3, 0.4) is 0 Å². The molecule has 1 rings (SSSR count). The lowest BCUT2D eigenvalue weighted by Crippen LogP contribution is -2.20. The largest absolute Gasteiger partial charge is 0.492 e. The predicted octanol–water partition coefficient (Wildman–Crippen LogP) is -0.322. The second-order valence-electron chi connectivity index (χ2n) is 2.49.